The molecule has 4 nitrogen and oxygen atoms in total. The highest BCUT2D eigenvalue weighted by molar-refractivity contribution is 8.00. The first-order valence-electron chi connectivity index (χ1n) is 9.14. The largest absolute Gasteiger partial charge is 0.349 e. The summed E-state index contributed by atoms with van der Waals surface area (Å²) in [6.45, 7) is 5.93. The number of aromatic amines is 1. The van der Waals surface area contributed by atoms with Gasteiger partial charge < -0.3 is 10.3 Å². The van der Waals surface area contributed by atoms with Gasteiger partial charge >= 0.3 is 0 Å². The van der Waals surface area contributed by atoms with E-state index in [1.54, 1.807) is 0 Å². The zero-order valence-corrected chi connectivity index (χ0v) is 16.7. The van der Waals surface area contributed by atoms with Gasteiger partial charge in [-0.3, -0.25) is 4.79 Å². The Morgan fingerprint density at radius 2 is 1.70 bits per heavy atom. The fourth-order valence-electron chi connectivity index (χ4n) is 2.86. The predicted molar refractivity (Wildman–Crippen MR) is 111 cm³/mol. The highest BCUT2D eigenvalue weighted by Crippen LogP contribution is 2.24. The van der Waals surface area contributed by atoms with Gasteiger partial charge in [0.05, 0.1) is 17.0 Å². The molecule has 1 heterocycles. The Morgan fingerprint density at radius 1 is 1.07 bits per heavy atom. The summed E-state index contributed by atoms with van der Waals surface area (Å²) in [7, 11) is 0. The molecule has 0 fully saturated rings. The van der Waals surface area contributed by atoms with Crippen LogP contribution in [0, 0.1) is 6.92 Å². The van der Waals surface area contributed by atoms with Crippen molar-refractivity contribution >= 4 is 17.7 Å². The maximum Gasteiger partial charge on any atom is 0.233 e. The molecule has 2 N–H and O–H groups in total. The Labute approximate surface area is 164 Å². The standard InChI is InChI=1S/C22H25N3OS/c1-15(19-12-8-5-9-13-19)23-21(26)17(3)27-22-24-16(2)20(25-22)14-18-10-6-4-7-11-18/h4-13,15,17H,14H2,1-3H3,(H,23,26)(H,24,25). The van der Waals surface area contributed by atoms with Crippen molar-refractivity contribution in [2.24, 2.45) is 0 Å². The zero-order chi connectivity index (χ0) is 19.2. The van der Waals surface area contributed by atoms with E-state index >= 15 is 0 Å². The number of aromatic nitrogens is 2. The summed E-state index contributed by atoms with van der Waals surface area (Å²) in [6, 6.07) is 20.2. The lowest BCUT2D eigenvalue weighted by Gasteiger charge is -2.17. The molecular weight excluding hydrogens is 354 g/mol. The van der Waals surface area contributed by atoms with E-state index in [1.807, 2.05) is 69.3 Å². The number of imidazole rings is 1. The van der Waals surface area contributed by atoms with Crippen molar-refractivity contribution in [1.29, 1.82) is 0 Å². The Bertz CT molecular complexity index is 877. The van der Waals surface area contributed by atoms with E-state index in [9.17, 15) is 4.79 Å². The van der Waals surface area contributed by atoms with Gasteiger partial charge in [-0.2, -0.15) is 0 Å². The lowest BCUT2D eigenvalue weighted by Crippen LogP contribution is -2.33. The number of hydrogen-bond donors (Lipinski definition) is 2. The maximum atomic E-state index is 12.5. The van der Waals surface area contributed by atoms with Crippen molar-refractivity contribution in [3.8, 4) is 0 Å². The van der Waals surface area contributed by atoms with E-state index < -0.39 is 0 Å². The molecular formula is C22H25N3OS. The van der Waals surface area contributed by atoms with Crippen LogP contribution in [0.4, 0.5) is 0 Å². The summed E-state index contributed by atoms with van der Waals surface area (Å²) in [5, 5.41) is 3.63. The van der Waals surface area contributed by atoms with Gasteiger partial charge in [-0.05, 0) is 31.9 Å². The van der Waals surface area contributed by atoms with Gasteiger partial charge in [0, 0.05) is 12.1 Å². The van der Waals surface area contributed by atoms with Crippen molar-refractivity contribution in [2.45, 2.75) is 43.6 Å². The summed E-state index contributed by atoms with van der Waals surface area (Å²) < 4.78 is 0. The maximum absolute atomic E-state index is 12.5. The van der Waals surface area contributed by atoms with E-state index in [-0.39, 0.29) is 17.2 Å². The lowest BCUT2D eigenvalue weighted by atomic mass is 10.1. The minimum Gasteiger partial charge on any atom is -0.349 e. The second-order valence-corrected chi connectivity index (χ2v) is 8.01. The Hall–Kier alpha value is -2.53. The van der Waals surface area contributed by atoms with Gasteiger partial charge in [0.15, 0.2) is 5.16 Å². The number of amides is 1. The molecule has 1 aromatic heterocycles. The lowest BCUT2D eigenvalue weighted by molar-refractivity contribution is -0.120. The third-order valence-corrected chi connectivity index (χ3v) is 5.48. The minimum atomic E-state index is -0.230. The SMILES string of the molecule is Cc1[nH]c(SC(C)C(=O)NC(C)c2ccccc2)nc1Cc1ccccc1. The highest BCUT2D eigenvalue weighted by Gasteiger charge is 2.19. The van der Waals surface area contributed by atoms with Crippen LogP contribution in [0.5, 0.6) is 0 Å². The molecule has 0 saturated carbocycles. The predicted octanol–water partition coefficient (Wildman–Crippen LogP) is 4.67. The highest BCUT2D eigenvalue weighted by atomic mass is 32.2. The first-order chi connectivity index (χ1) is 13.0. The third-order valence-electron chi connectivity index (χ3n) is 4.49. The van der Waals surface area contributed by atoms with Gasteiger partial charge in [0.1, 0.15) is 0 Å². The van der Waals surface area contributed by atoms with Gasteiger partial charge in [0.2, 0.25) is 5.91 Å². The van der Waals surface area contributed by atoms with Crippen molar-refractivity contribution in [1.82, 2.24) is 15.3 Å². The van der Waals surface area contributed by atoms with Crippen LogP contribution in [-0.4, -0.2) is 21.1 Å². The molecule has 2 atom stereocenters. The number of nitrogens with one attached hydrogen (secondary N) is 2. The number of carbonyl (C=O) groups excluding carboxylic acids is 1. The number of H-pyrrole nitrogens is 1. The van der Waals surface area contributed by atoms with E-state index in [0.29, 0.717) is 0 Å². The molecule has 2 aromatic carbocycles. The monoisotopic (exact) mass is 379 g/mol. The van der Waals surface area contributed by atoms with E-state index in [4.69, 9.17) is 4.98 Å². The molecule has 2 unspecified atom stereocenters. The number of hydrogen-bond acceptors (Lipinski definition) is 3. The molecule has 5 heteroatoms. The smallest absolute Gasteiger partial charge is 0.233 e. The van der Waals surface area contributed by atoms with Crippen molar-refractivity contribution in [3.63, 3.8) is 0 Å². The van der Waals surface area contributed by atoms with Crippen LogP contribution in [0.3, 0.4) is 0 Å². The molecule has 27 heavy (non-hydrogen) atoms. The number of aryl methyl sites for hydroxylation is 1. The summed E-state index contributed by atoms with van der Waals surface area (Å²) in [5.41, 5.74) is 4.40. The first-order valence-corrected chi connectivity index (χ1v) is 10.0. The van der Waals surface area contributed by atoms with Crippen LogP contribution in [0.2, 0.25) is 0 Å². The van der Waals surface area contributed by atoms with E-state index in [0.717, 1.165) is 28.5 Å². The number of rotatable bonds is 7. The summed E-state index contributed by atoms with van der Waals surface area (Å²) in [6.07, 6.45) is 0.787. The topological polar surface area (TPSA) is 57.8 Å². The molecule has 3 aromatic rings. The average molecular weight is 380 g/mol. The van der Waals surface area contributed by atoms with Crippen LogP contribution in [0.1, 0.15) is 42.4 Å². The quantitative estimate of drug-likeness (QED) is 0.587. The van der Waals surface area contributed by atoms with Crippen LogP contribution in [-0.2, 0) is 11.2 Å². The van der Waals surface area contributed by atoms with Crippen molar-refractivity contribution in [3.05, 3.63) is 83.2 Å². The molecule has 3 rings (SSSR count). The molecule has 0 aliphatic rings. The van der Waals surface area contributed by atoms with E-state index in [1.165, 1.54) is 17.3 Å². The fraction of sp³-hybridized carbons (Fsp3) is 0.273. The number of nitrogens with zero attached hydrogens (tertiary/aromatic N) is 1. The Kier molecular flexibility index (Phi) is 6.35. The first kappa shape index (κ1) is 19.2. The summed E-state index contributed by atoms with van der Waals surface area (Å²) in [5.74, 6) is 0.00927. The molecule has 1 amide bonds. The number of carbonyl (C=O) groups is 1. The number of thioether (sulfide) groups is 1. The van der Waals surface area contributed by atoms with Gasteiger partial charge in [-0.15, -0.1) is 0 Å². The molecule has 0 spiro atoms. The van der Waals surface area contributed by atoms with Gasteiger partial charge in [-0.1, -0.05) is 72.4 Å². The van der Waals surface area contributed by atoms with Gasteiger partial charge in [-0.25, -0.2) is 4.98 Å². The fourth-order valence-corrected chi connectivity index (χ4v) is 3.75. The van der Waals surface area contributed by atoms with Crippen LogP contribution in [0.25, 0.3) is 0 Å². The van der Waals surface area contributed by atoms with E-state index in [2.05, 4.69) is 22.4 Å². The summed E-state index contributed by atoms with van der Waals surface area (Å²) in [4.78, 5) is 20.5. The molecule has 140 valence electrons. The Morgan fingerprint density at radius 3 is 2.37 bits per heavy atom. The van der Waals surface area contributed by atoms with Crippen molar-refractivity contribution < 1.29 is 4.79 Å². The number of benzene rings is 2. The molecule has 0 bridgehead atoms. The molecule has 0 saturated heterocycles. The van der Waals surface area contributed by atoms with Crippen molar-refractivity contribution in [2.75, 3.05) is 0 Å². The Balaban J connectivity index is 1.59. The zero-order valence-electron chi connectivity index (χ0n) is 15.9. The van der Waals surface area contributed by atoms with Crippen LogP contribution < -0.4 is 5.32 Å². The average Bonchev–Trinajstić information content (AvgIpc) is 3.02. The summed E-state index contributed by atoms with van der Waals surface area (Å²) >= 11 is 1.46. The normalized spacial score (nSPS) is 13.1. The van der Waals surface area contributed by atoms with Crippen LogP contribution >= 0.6 is 11.8 Å². The van der Waals surface area contributed by atoms with Crippen LogP contribution in [0.15, 0.2) is 65.8 Å². The molecule has 0 radical (unpaired) electrons. The third kappa shape index (κ3) is 5.23. The minimum absolute atomic E-state index is 0.00927. The van der Waals surface area contributed by atoms with Gasteiger partial charge in [0.25, 0.3) is 0 Å². The second kappa shape index (κ2) is 8.91. The molecule has 0 aliphatic carbocycles. The second-order valence-electron chi connectivity index (χ2n) is 6.68. The molecule has 0 aliphatic heterocycles.